The van der Waals surface area contributed by atoms with Crippen LogP contribution in [0.4, 0.5) is 17.2 Å². The molecule has 1 aromatic heterocycles. The molecule has 114 valence electrons. The summed E-state index contributed by atoms with van der Waals surface area (Å²) >= 11 is 6.22. The number of aromatic amines is 1. The Bertz CT molecular complexity index is 767. The van der Waals surface area contributed by atoms with Crippen LogP contribution in [-0.4, -0.2) is 26.0 Å². The lowest BCUT2D eigenvalue weighted by Gasteiger charge is -2.08. The normalized spacial score (nSPS) is 10.3. The number of carbonyl (C=O) groups excluding carboxylic acids is 1. The van der Waals surface area contributed by atoms with Crippen LogP contribution < -0.4 is 5.32 Å². The van der Waals surface area contributed by atoms with Crippen LogP contribution in [0.5, 0.6) is 0 Å². The van der Waals surface area contributed by atoms with Gasteiger partial charge in [-0.15, -0.1) is 5.10 Å². The van der Waals surface area contributed by atoms with Crippen LogP contribution in [0.3, 0.4) is 0 Å². The number of amides is 1. The Labute approximate surface area is 138 Å². The van der Waals surface area contributed by atoms with Gasteiger partial charge in [0.1, 0.15) is 0 Å². The van der Waals surface area contributed by atoms with Gasteiger partial charge in [0.2, 0.25) is 0 Å². The number of hydrogen-bond acceptors (Lipinski definition) is 6. The molecule has 1 heterocycles. The van der Waals surface area contributed by atoms with E-state index in [1.165, 1.54) is 12.1 Å². The lowest BCUT2D eigenvalue weighted by molar-refractivity contribution is -0.389. The van der Waals surface area contributed by atoms with Crippen molar-refractivity contribution in [3.8, 4) is 0 Å². The summed E-state index contributed by atoms with van der Waals surface area (Å²) in [7, 11) is 0. The highest BCUT2D eigenvalue weighted by Gasteiger charge is 2.20. The molecule has 2 rings (SSSR count). The highest BCUT2D eigenvalue weighted by atomic mass is 79.9. The minimum absolute atomic E-state index is 0.174. The van der Waals surface area contributed by atoms with Crippen LogP contribution >= 0.6 is 31.9 Å². The van der Waals surface area contributed by atoms with Gasteiger partial charge in [0.05, 0.1) is 16.7 Å². The van der Waals surface area contributed by atoms with Crippen LogP contribution in [0.1, 0.15) is 10.5 Å². The molecule has 0 bridgehead atoms. The van der Waals surface area contributed by atoms with Crippen molar-refractivity contribution in [2.45, 2.75) is 0 Å². The second-order valence-corrected chi connectivity index (χ2v) is 5.60. The van der Waals surface area contributed by atoms with E-state index in [1.54, 1.807) is 0 Å². The van der Waals surface area contributed by atoms with E-state index < -0.39 is 21.6 Å². The smallest absolute Gasteiger partial charge is 0.343 e. The first-order valence-electron chi connectivity index (χ1n) is 5.44. The summed E-state index contributed by atoms with van der Waals surface area (Å²) in [6.45, 7) is 0. The van der Waals surface area contributed by atoms with E-state index in [-0.39, 0.29) is 26.0 Å². The molecule has 0 radical (unpaired) electrons. The first kappa shape index (κ1) is 16.0. The maximum Gasteiger partial charge on any atom is 0.343 e. The van der Waals surface area contributed by atoms with Crippen LogP contribution in [-0.2, 0) is 0 Å². The summed E-state index contributed by atoms with van der Waals surface area (Å²) in [5.41, 5.74) is -0.128. The maximum atomic E-state index is 12.0. The maximum absolute atomic E-state index is 12.0. The minimum atomic E-state index is -0.721. The molecule has 0 aliphatic rings. The number of nitrogens with one attached hydrogen (secondary N) is 2. The number of aromatic nitrogens is 2. The van der Waals surface area contributed by atoms with E-state index in [4.69, 9.17) is 0 Å². The Morgan fingerprint density at radius 3 is 2.18 bits per heavy atom. The first-order chi connectivity index (χ1) is 10.3. The minimum Gasteiger partial charge on any atom is -0.358 e. The summed E-state index contributed by atoms with van der Waals surface area (Å²) in [5.74, 6) is -1.13. The predicted molar refractivity (Wildman–Crippen MR) is 81.7 cm³/mol. The molecule has 12 heteroatoms. The number of nitrogens with zero attached hydrogens (tertiary/aromatic N) is 3. The Morgan fingerprint density at radius 1 is 1.14 bits per heavy atom. The van der Waals surface area contributed by atoms with E-state index >= 15 is 0 Å². The van der Waals surface area contributed by atoms with Crippen molar-refractivity contribution in [1.29, 1.82) is 0 Å². The zero-order valence-corrected chi connectivity index (χ0v) is 13.5. The fraction of sp³-hybridized carbons (Fsp3) is 0. The molecule has 10 nitrogen and oxygen atoms in total. The molecule has 0 aliphatic carbocycles. The van der Waals surface area contributed by atoms with Gasteiger partial charge >= 0.3 is 5.82 Å². The Hall–Kier alpha value is -2.34. The molecule has 0 spiro atoms. The van der Waals surface area contributed by atoms with Gasteiger partial charge in [-0.3, -0.25) is 14.9 Å². The second kappa shape index (κ2) is 6.19. The number of benzene rings is 1. The van der Waals surface area contributed by atoms with E-state index in [0.29, 0.717) is 0 Å². The Morgan fingerprint density at radius 2 is 1.73 bits per heavy atom. The van der Waals surface area contributed by atoms with Crippen molar-refractivity contribution in [1.82, 2.24) is 10.2 Å². The molecule has 0 saturated carbocycles. The number of halogens is 2. The lowest BCUT2D eigenvalue weighted by Crippen LogP contribution is -2.13. The Kier molecular flexibility index (Phi) is 4.51. The average molecular weight is 435 g/mol. The first-order valence-corrected chi connectivity index (χ1v) is 7.02. The van der Waals surface area contributed by atoms with Crippen molar-refractivity contribution >= 4 is 55.0 Å². The van der Waals surface area contributed by atoms with E-state index in [0.717, 1.165) is 6.07 Å². The van der Waals surface area contributed by atoms with Crippen molar-refractivity contribution in [2.24, 2.45) is 0 Å². The second-order valence-electron chi connectivity index (χ2n) is 3.89. The van der Waals surface area contributed by atoms with Crippen LogP contribution in [0.15, 0.2) is 27.1 Å². The monoisotopic (exact) mass is 433 g/mol. The fourth-order valence-electron chi connectivity index (χ4n) is 1.48. The average Bonchev–Trinajstić information content (AvgIpc) is 2.92. The molecule has 22 heavy (non-hydrogen) atoms. The SMILES string of the molecule is O=C(Nc1c(Br)cc([N+](=O)[O-])cc1Br)c1cc([N+](=O)[O-])[nH]n1. The van der Waals surface area contributed by atoms with Crippen LogP contribution in [0, 0.1) is 20.2 Å². The largest absolute Gasteiger partial charge is 0.358 e. The highest BCUT2D eigenvalue weighted by molar-refractivity contribution is 9.11. The highest BCUT2D eigenvalue weighted by Crippen LogP contribution is 2.35. The van der Waals surface area contributed by atoms with Crippen molar-refractivity contribution < 1.29 is 14.6 Å². The molecule has 0 aliphatic heterocycles. The third-order valence-electron chi connectivity index (χ3n) is 2.47. The van der Waals surface area contributed by atoms with Gasteiger partial charge < -0.3 is 15.4 Å². The number of nitro benzene ring substituents is 1. The number of rotatable bonds is 4. The molecular formula is C10H5Br2N5O5. The standard InChI is InChI=1S/C10H5Br2N5O5/c11-5-1-4(16(19)20)2-6(12)9(5)13-10(18)7-3-8(15-14-7)17(21)22/h1-3H,(H,13,18)(H,14,15). The molecule has 0 saturated heterocycles. The third kappa shape index (κ3) is 3.28. The molecule has 0 atom stereocenters. The van der Waals surface area contributed by atoms with Gasteiger partial charge in [-0.2, -0.15) is 0 Å². The van der Waals surface area contributed by atoms with Gasteiger partial charge in [0, 0.05) is 21.1 Å². The van der Waals surface area contributed by atoms with Gasteiger partial charge in [0.25, 0.3) is 11.6 Å². The number of H-pyrrole nitrogens is 1. The molecule has 1 amide bonds. The van der Waals surface area contributed by atoms with Crippen LogP contribution in [0.2, 0.25) is 0 Å². The Balaban J connectivity index is 2.28. The number of anilines is 1. The molecule has 0 unspecified atom stereocenters. The zero-order valence-electron chi connectivity index (χ0n) is 10.4. The van der Waals surface area contributed by atoms with Crippen molar-refractivity contribution in [2.75, 3.05) is 5.32 Å². The fourth-order valence-corrected chi connectivity index (χ4v) is 2.84. The third-order valence-corrected chi connectivity index (χ3v) is 3.72. The van der Waals surface area contributed by atoms with E-state index in [9.17, 15) is 25.0 Å². The van der Waals surface area contributed by atoms with Gasteiger partial charge in [-0.25, -0.2) is 0 Å². The van der Waals surface area contributed by atoms with Gasteiger partial charge in [-0.1, -0.05) is 5.10 Å². The molecule has 2 aromatic rings. The number of hydrogen-bond donors (Lipinski definition) is 2. The summed E-state index contributed by atoms with van der Waals surface area (Å²) in [6.07, 6.45) is 0. The quantitative estimate of drug-likeness (QED) is 0.558. The topological polar surface area (TPSA) is 144 Å². The van der Waals surface area contributed by atoms with Gasteiger partial charge in [-0.05, 0) is 36.8 Å². The number of non-ortho nitro benzene ring substituents is 1. The van der Waals surface area contributed by atoms with E-state index in [2.05, 4.69) is 47.4 Å². The number of nitro groups is 2. The van der Waals surface area contributed by atoms with Crippen LogP contribution in [0.25, 0.3) is 0 Å². The lowest BCUT2D eigenvalue weighted by atomic mass is 10.2. The van der Waals surface area contributed by atoms with Gasteiger partial charge in [0.15, 0.2) is 5.69 Å². The van der Waals surface area contributed by atoms with Crippen molar-refractivity contribution in [3.63, 3.8) is 0 Å². The number of carbonyl (C=O) groups is 1. The predicted octanol–water partition coefficient (Wildman–Crippen LogP) is 3.00. The summed E-state index contributed by atoms with van der Waals surface area (Å²) in [6, 6.07) is 3.41. The zero-order chi connectivity index (χ0) is 16.4. The summed E-state index contributed by atoms with van der Waals surface area (Å²) in [4.78, 5) is 31.9. The summed E-state index contributed by atoms with van der Waals surface area (Å²) < 4.78 is 0.541. The molecule has 1 aromatic carbocycles. The summed E-state index contributed by atoms with van der Waals surface area (Å²) in [5, 5.41) is 29.3. The van der Waals surface area contributed by atoms with Crippen molar-refractivity contribution in [3.05, 3.63) is 53.1 Å². The van der Waals surface area contributed by atoms with E-state index in [1.807, 2.05) is 0 Å². The molecular weight excluding hydrogens is 430 g/mol. The molecule has 2 N–H and O–H groups in total. The molecule has 0 fully saturated rings.